The number of likely N-dealkylation sites (tertiary alicyclic amines) is 1. The Labute approximate surface area is 113 Å². The van der Waals surface area contributed by atoms with Crippen LogP contribution in [0.4, 0.5) is 0 Å². The zero-order valence-corrected chi connectivity index (χ0v) is 13.0. The maximum absolute atomic E-state index is 5.23. The van der Waals surface area contributed by atoms with E-state index in [1.165, 1.54) is 32.4 Å². The van der Waals surface area contributed by atoms with Gasteiger partial charge in [0.1, 0.15) is 0 Å². The van der Waals surface area contributed by atoms with E-state index >= 15 is 0 Å². The van der Waals surface area contributed by atoms with Gasteiger partial charge in [-0.05, 0) is 59.7 Å². The van der Waals surface area contributed by atoms with Gasteiger partial charge >= 0.3 is 0 Å². The molecule has 0 bridgehead atoms. The Morgan fingerprint density at radius 3 is 2.33 bits per heavy atom. The van der Waals surface area contributed by atoms with Gasteiger partial charge in [0.25, 0.3) is 0 Å². The molecule has 0 aromatic carbocycles. The van der Waals surface area contributed by atoms with Gasteiger partial charge in [0.2, 0.25) is 0 Å². The average Bonchev–Trinajstić information content (AvgIpc) is 2.39. The van der Waals surface area contributed by atoms with Crippen molar-refractivity contribution in [2.45, 2.75) is 64.6 Å². The Morgan fingerprint density at radius 2 is 1.89 bits per heavy atom. The number of nitrogens with zero attached hydrogens (tertiary/aromatic N) is 2. The molecule has 0 saturated carbocycles. The van der Waals surface area contributed by atoms with Crippen LogP contribution in [0.25, 0.3) is 0 Å². The highest BCUT2D eigenvalue weighted by Gasteiger charge is 2.26. The fourth-order valence-corrected chi connectivity index (χ4v) is 3.06. The largest absolute Gasteiger partial charge is 0.385 e. The van der Waals surface area contributed by atoms with Crippen LogP contribution in [0.15, 0.2) is 0 Å². The summed E-state index contributed by atoms with van der Waals surface area (Å²) in [5.41, 5.74) is 0. The monoisotopic (exact) mass is 256 g/mol. The van der Waals surface area contributed by atoms with Gasteiger partial charge in [0, 0.05) is 31.8 Å². The zero-order valence-electron chi connectivity index (χ0n) is 13.0. The van der Waals surface area contributed by atoms with Crippen LogP contribution in [0, 0.1) is 0 Å². The first-order valence-corrected chi connectivity index (χ1v) is 7.55. The maximum atomic E-state index is 5.23. The van der Waals surface area contributed by atoms with Crippen molar-refractivity contribution < 1.29 is 4.74 Å². The van der Waals surface area contributed by atoms with Gasteiger partial charge in [0.15, 0.2) is 0 Å². The molecule has 108 valence electrons. The van der Waals surface area contributed by atoms with Crippen LogP contribution in [0.1, 0.15) is 46.5 Å². The first-order valence-electron chi connectivity index (χ1n) is 7.55. The number of hydrogen-bond donors (Lipinski definition) is 0. The Bertz CT molecular complexity index is 213. The average molecular weight is 256 g/mol. The minimum absolute atomic E-state index is 0.681. The van der Waals surface area contributed by atoms with Gasteiger partial charge in [-0.3, -0.25) is 0 Å². The predicted octanol–water partition coefficient (Wildman–Crippen LogP) is 2.61. The highest BCUT2D eigenvalue weighted by atomic mass is 16.5. The molecule has 1 fully saturated rings. The quantitative estimate of drug-likeness (QED) is 0.696. The highest BCUT2D eigenvalue weighted by Crippen LogP contribution is 2.21. The van der Waals surface area contributed by atoms with Crippen molar-refractivity contribution >= 4 is 0 Å². The van der Waals surface area contributed by atoms with E-state index in [0.29, 0.717) is 12.1 Å². The minimum Gasteiger partial charge on any atom is -0.385 e. The van der Waals surface area contributed by atoms with Crippen LogP contribution in [-0.2, 0) is 4.74 Å². The lowest BCUT2D eigenvalue weighted by molar-refractivity contribution is 0.0661. The SMILES string of the molecule is CCC(CCOC)N(C)C1CCN(C(C)C)CC1. The summed E-state index contributed by atoms with van der Waals surface area (Å²) in [4.78, 5) is 5.21. The standard InChI is InChI=1S/C15H32N2O/c1-6-14(9-12-18-5)16(4)15-7-10-17(11-8-15)13(2)3/h13-15H,6-12H2,1-5H3. The minimum atomic E-state index is 0.681. The van der Waals surface area contributed by atoms with E-state index in [4.69, 9.17) is 4.74 Å². The molecule has 3 heteroatoms. The normalized spacial score (nSPS) is 20.8. The van der Waals surface area contributed by atoms with E-state index in [0.717, 1.165) is 19.1 Å². The summed E-state index contributed by atoms with van der Waals surface area (Å²) in [6.07, 6.45) is 5.02. The Kier molecular flexibility index (Phi) is 7.20. The number of ether oxygens (including phenoxy) is 1. The van der Waals surface area contributed by atoms with Crippen LogP contribution >= 0.6 is 0 Å². The van der Waals surface area contributed by atoms with Gasteiger partial charge in [-0.15, -0.1) is 0 Å². The third-order valence-corrected chi connectivity index (χ3v) is 4.51. The molecular formula is C15H32N2O. The molecule has 0 aromatic heterocycles. The molecule has 1 atom stereocenters. The molecule has 0 N–H and O–H groups in total. The van der Waals surface area contributed by atoms with E-state index in [2.05, 4.69) is 37.6 Å². The number of methoxy groups -OCH3 is 1. The summed E-state index contributed by atoms with van der Waals surface area (Å²) in [7, 11) is 4.10. The molecule has 1 aliphatic rings. The lowest BCUT2D eigenvalue weighted by Gasteiger charge is -2.41. The summed E-state index contributed by atoms with van der Waals surface area (Å²) >= 11 is 0. The van der Waals surface area contributed by atoms with Crippen LogP contribution in [0.5, 0.6) is 0 Å². The van der Waals surface area contributed by atoms with E-state index < -0.39 is 0 Å². The smallest absolute Gasteiger partial charge is 0.0477 e. The Morgan fingerprint density at radius 1 is 1.28 bits per heavy atom. The Hall–Kier alpha value is -0.120. The molecule has 1 unspecified atom stereocenters. The second kappa shape index (κ2) is 8.13. The molecule has 3 nitrogen and oxygen atoms in total. The molecule has 1 aliphatic heterocycles. The van der Waals surface area contributed by atoms with Crippen LogP contribution in [0.3, 0.4) is 0 Å². The fourth-order valence-electron chi connectivity index (χ4n) is 3.06. The molecule has 1 saturated heterocycles. The topological polar surface area (TPSA) is 15.7 Å². The third-order valence-electron chi connectivity index (χ3n) is 4.51. The van der Waals surface area contributed by atoms with Crippen LogP contribution < -0.4 is 0 Å². The fraction of sp³-hybridized carbons (Fsp3) is 1.00. The number of piperidine rings is 1. The van der Waals surface area contributed by atoms with Crippen LogP contribution in [0.2, 0.25) is 0 Å². The first kappa shape index (κ1) is 15.9. The van der Waals surface area contributed by atoms with Gasteiger partial charge in [-0.2, -0.15) is 0 Å². The lowest BCUT2D eigenvalue weighted by Crippen LogP contribution is -2.48. The summed E-state index contributed by atoms with van der Waals surface area (Å²) in [6.45, 7) is 10.3. The van der Waals surface area contributed by atoms with Crippen LogP contribution in [-0.4, -0.2) is 61.8 Å². The predicted molar refractivity (Wildman–Crippen MR) is 78.1 cm³/mol. The van der Waals surface area contributed by atoms with Gasteiger partial charge < -0.3 is 14.5 Å². The number of rotatable bonds is 7. The van der Waals surface area contributed by atoms with Crippen molar-refractivity contribution in [1.29, 1.82) is 0 Å². The summed E-state index contributed by atoms with van der Waals surface area (Å²) in [5.74, 6) is 0. The third kappa shape index (κ3) is 4.52. The molecule has 0 aromatic rings. The molecule has 0 radical (unpaired) electrons. The second-order valence-corrected chi connectivity index (χ2v) is 5.87. The molecular weight excluding hydrogens is 224 g/mol. The van der Waals surface area contributed by atoms with Crippen molar-refractivity contribution in [3.63, 3.8) is 0 Å². The molecule has 18 heavy (non-hydrogen) atoms. The molecule has 0 spiro atoms. The van der Waals surface area contributed by atoms with E-state index in [1.54, 1.807) is 7.11 Å². The number of hydrogen-bond acceptors (Lipinski definition) is 3. The molecule has 0 aliphatic carbocycles. The molecule has 1 heterocycles. The van der Waals surface area contributed by atoms with E-state index in [1.807, 2.05) is 0 Å². The van der Waals surface area contributed by atoms with Gasteiger partial charge in [0.05, 0.1) is 0 Å². The zero-order chi connectivity index (χ0) is 13.5. The lowest BCUT2D eigenvalue weighted by atomic mass is 9.99. The van der Waals surface area contributed by atoms with E-state index in [-0.39, 0.29) is 0 Å². The second-order valence-electron chi connectivity index (χ2n) is 5.87. The first-order chi connectivity index (χ1) is 8.60. The summed E-state index contributed by atoms with van der Waals surface area (Å²) in [5, 5.41) is 0. The van der Waals surface area contributed by atoms with Gasteiger partial charge in [-0.25, -0.2) is 0 Å². The molecule has 1 rings (SSSR count). The van der Waals surface area contributed by atoms with Crippen molar-refractivity contribution in [2.24, 2.45) is 0 Å². The van der Waals surface area contributed by atoms with Crippen molar-refractivity contribution in [3.8, 4) is 0 Å². The van der Waals surface area contributed by atoms with Crippen molar-refractivity contribution in [2.75, 3.05) is 33.9 Å². The van der Waals surface area contributed by atoms with Crippen molar-refractivity contribution in [3.05, 3.63) is 0 Å². The maximum Gasteiger partial charge on any atom is 0.0477 e. The Balaban J connectivity index is 2.40. The highest BCUT2D eigenvalue weighted by molar-refractivity contribution is 4.82. The van der Waals surface area contributed by atoms with E-state index in [9.17, 15) is 0 Å². The summed E-state index contributed by atoms with van der Waals surface area (Å²) in [6, 6.07) is 2.15. The van der Waals surface area contributed by atoms with Gasteiger partial charge in [-0.1, -0.05) is 6.92 Å². The summed E-state index contributed by atoms with van der Waals surface area (Å²) < 4.78 is 5.23. The van der Waals surface area contributed by atoms with Crippen molar-refractivity contribution in [1.82, 2.24) is 9.80 Å². The molecule has 0 amide bonds.